The minimum absolute atomic E-state index is 0.0205. The first-order valence-electron chi connectivity index (χ1n) is 3.76. The Morgan fingerprint density at radius 3 is 2.79 bits per heavy atom. The van der Waals surface area contributed by atoms with E-state index in [-0.39, 0.29) is 16.8 Å². The predicted octanol–water partition coefficient (Wildman–Crippen LogP) is -1.87. The molecule has 0 unspecified atom stereocenters. The van der Waals surface area contributed by atoms with Crippen molar-refractivity contribution in [1.29, 1.82) is 0 Å². The number of carbonyl (C=O) groups excluding carboxylic acids is 1. The average Bonchev–Trinajstić information content (AvgIpc) is 2.17. The number of nitrogen functional groups attached to an aromatic ring is 1. The van der Waals surface area contributed by atoms with Gasteiger partial charge in [-0.3, -0.25) is 0 Å². The van der Waals surface area contributed by atoms with Crippen molar-refractivity contribution in [3.05, 3.63) is 17.8 Å². The fourth-order valence-electron chi connectivity index (χ4n) is 0.929. The van der Waals surface area contributed by atoms with Crippen LogP contribution < -0.4 is 11.2 Å². The average molecular weight is 196 g/mol. The molecule has 7 heteroatoms. The summed E-state index contributed by atoms with van der Waals surface area (Å²) in [5, 5.41) is 17.7. The van der Waals surface area contributed by atoms with Gasteiger partial charge in [0.2, 0.25) is 0 Å². The molecule has 1 rings (SSSR count). The van der Waals surface area contributed by atoms with Gasteiger partial charge in [0.1, 0.15) is 5.82 Å². The number of hydrogen-bond acceptors (Lipinski definition) is 6. The van der Waals surface area contributed by atoms with Crippen LogP contribution in [0, 0.1) is 0 Å². The second-order valence-corrected chi connectivity index (χ2v) is 2.56. The van der Waals surface area contributed by atoms with Crippen LogP contribution >= 0.6 is 0 Å². The van der Waals surface area contributed by atoms with Gasteiger partial charge >= 0.3 is 13.1 Å². The Hall–Kier alpha value is -1.60. The van der Waals surface area contributed by atoms with E-state index in [1.54, 1.807) is 0 Å². The second kappa shape index (κ2) is 4.08. The summed E-state index contributed by atoms with van der Waals surface area (Å²) >= 11 is 0. The largest absolute Gasteiger partial charge is 0.492 e. The van der Waals surface area contributed by atoms with Crippen molar-refractivity contribution in [3.8, 4) is 0 Å². The molecule has 0 radical (unpaired) electrons. The van der Waals surface area contributed by atoms with Gasteiger partial charge in [0.05, 0.1) is 12.7 Å². The molecule has 0 aliphatic heterocycles. The molecule has 6 nitrogen and oxygen atoms in total. The summed E-state index contributed by atoms with van der Waals surface area (Å²) in [5.74, 6) is -0.646. The molecule has 0 aliphatic carbocycles. The maximum absolute atomic E-state index is 11.0. The lowest BCUT2D eigenvalue weighted by Gasteiger charge is -2.05. The third-order valence-electron chi connectivity index (χ3n) is 1.65. The lowest BCUT2D eigenvalue weighted by atomic mass is 9.80. The molecule has 0 saturated carbocycles. The third kappa shape index (κ3) is 2.01. The Morgan fingerprint density at radius 2 is 2.29 bits per heavy atom. The Kier molecular flexibility index (Phi) is 3.05. The van der Waals surface area contributed by atoms with Crippen molar-refractivity contribution < 1.29 is 19.6 Å². The van der Waals surface area contributed by atoms with E-state index in [2.05, 4.69) is 9.72 Å². The maximum Gasteiger partial charge on any atom is 0.492 e. The fraction of sp³-hybridized carbons (Fsp3) is 0.143. The van der Waals surface area contributed by atoms with Crippen LogP contribution in [0.5, 0.6) is 0 Å². The van der Waals surface area contributed by atoms with E-state index in [4.69, 9.17) is 15.8 Å². The molecule has 14 heavy (non-hydrogen) atoms. The number of esters is 1. The molecule has 0 bridgehead atoms. The molecule has 74 valence electrons. The predicted molar refractivity (Wildman–Crippen MR) is 49.8 cm³/mol. The number of ether oxygens (including phenoxy) is 1. The minimum atomic E-state index is -1.76. The quantitative estimate of drug-likeness (QED) is 0.378. The number of nitrogens with two attached hydrogens (primary N) is 1. The summed E-state index contributed by atoms with van der Waals surface area (Å²) < 4.78 is 4.43. The van der Waals surface area contributed by atoms with Crippen LogP contribution in [0.3, 0.4) is 0 Å². The van der Waals surface area contributed by atoms with E-state index in [1.165, 1.54) is 19.4 Å². The minimum Gasteiger partial charge on any atom is -0.465 e. The molecular formula is C7H9BN2O4. The van der Waals surface area contributed by atoms with Crippen molar-refractivity contribution in [3.63, 3.8) is 0 Å². The fourth-order valence-corrected chi connectivity index (χ4v) is 0.929. The van der Waals surface area contributed by atoms with Crippen LogP contribution in [0.15, 0.2) is 12.3 Å². The first-order chi connectivity index (χ1) is 6.56. The molecule has 0 aliphatic rings. The number of methoxy groups -OCH3 is 1. The summed E-state index contributed by atoms with van der Waals surface area (Å²) in [6, 6.07) is 1.22. The Balaban J connectivity index is 3.13. The van der Waals surface area contributed by atoms with Crippen molar-refractivity contribution in [2.75, 3.05) is 12.8 Å². The summed E-state index contributed by atoms with van der Waals surface area (Å²) in [6.07, 6.45) is 1.20. The van der Waals surface area contributed by atoms with Gasteiger partial charge in [0.15, 0.2) is 0 Å². The Bertz CT molecular complexity index is 356. The number of aromatic nitrogens is 1. The van der Waals surface area contributed by atoms with Crippen molar-refractivity contribution in [2.45, 2.75) is 0 Å². The molecule has 0 saturated heterocycles. The Morgan fingerprint density at radius 1 is 1.64 bits per heavy atom. The second-order valence-electron chi connectivity index (χ2n) is 2.56. The van der Waals surface area contributed by atoms with Crippen LogP contribution in [0.25, 0.3) is 0 Å². The van der Waals surface area contributed by atoms with Crippen LogP contribution in [-0.4, -0.2) is 35.2 Å². The third-order valence-corrected chi connectivity index (χ3v) is 1.65. The number of pyridine rings is 1. The number of carbonyl (C=O) groups is 1. The zero-order valence-electron chi connectivity index (χ0n) is 7.47. The summed E-state index contributed by atoms with van der Waals surface area (Å²) in [5.41, 5.74) is 5.44. The van der Waals surface area contributed by atoms with Gasteiger partial charge in [-0.15, -0.1) is 0 Å². The highest BCUT2D eigenvalue weighted by Gasteiger charge is 2.18. The number of nitrogens with zero attached hydrogens (tertiary/aromatic N) is 1. The standard InChI is InChI=1S/C7H9BN2O4/c1-14-7(11)4-2-5(8(12)13)6(9)10-3-4/h2-3,12-13H,1H3,(H2,9,10). The van der Waals surface area contributed by atoms with Crippen LogP contribution in [0.1, 0.15) is 10.4 Å². The number of anilines is 1. The first-order valence-corrected chi connectivity index (χ1v) is 3.76. The molecule has 1 aromatic rings. The first kappa shape index (κ1) is 10.5. The number of rotatable bonds is 2. The monoisotopic (exact) mass is 196 g/mol. The molecule has 0 amide bonds. The molecule has 0 spiro atoms. The zero-order chi connectivity index (χ0) is 10.7. The molecule has 0 aromatic carbocycles. The molecular weight excluding hydrogens is 187 g/mol. The molecule has 0 atom stereocenters. The van der Waals surface area contributed by atoms with Gasteiger partial charge in [-0.25, -0.2) is 9.78 Å². The normalized spacial score (nSPS) is 9.64. The van der Waals surface area contributed by atoms with Crippen molar-refractivity contribution in [1.82, 2.24) is 4.98 Å². The van der Waals surface area contributed by atoms with Gasteiger partial charge in [-0.05, 0) is 6.07 Å². The van der Waals surface area contributed by atoms with Gasteiger partial charge in [-0.2, -0.15) is 0 Å². The van der Waals surface area contributed by atoms with Crippen molar-refractivity contribution in [2.24, 2.45) is 0 Å². The van der Waals surface area contributed by atoms with E-state index in [1.807, 2.05) is 0 Å². The number of hydrogen-bond donors (Lipinski definition) is 3. The topological polar surface area (TPSA) is 106 Å². The summed E-state index contributed by atoms with van der Waals surface area (Å²) in [6.45, 7) is 0. The van der Waals surface area contributed by atoms with E-state index >= 15 is 0 Å². The summed E-state index contributed by atoms with van der Waals surface area (Å²) in [4.78, 5) is 14.7. The van der Waals surface area contributed by atoms with Crippen LogP contribution in [0.4, 0.5) is 5.82 Å². The SMILES string of the molecule is COC(=O)c1cnc(N)c(B(O)O)c1. The van der Waals surface area contributed by atoms with E-state index in [0.717, 1.165) is 0 Å². The van der Waals surface area contributed by atoms with Crippen LogP contribution in [0.2, 0.25) is 0 Å². The smallest absolute Gasteiger partial charge is 0.465 e. The van der Waals surface area contributed by atoms with E-state index in [9.17, 15) is 4.79 Å². The van der Waals surface area contributed by atoms with Crippen LogP contribution in [-0.2, 0) is 4.74 Å². The maximum atomic E-state index is 11.0. The molecule has 1 aromatic heterocycles. The highest BCUT2D eigenvalue weighted by molar-refractivity contribution is 6.60. The molecule has 4 N–H and O–H groups in total. The molecule has 0 fully saturated rings. The van der Waals surface area contributed by atoms with Gasteiger partial charge < -0.3 is 20.5 Å². The van der Waals surface area contributed by atoms with Gasteiger partial charge in [0.25, 0.3) is 0 Å². The Labute approximate surface area is 80.5 Å². The highest BCUT2D eigenvalue weighted by atomic mass is 16.5. The summed E-state index contributed by atoms with van der Waals surface area (Å²) in [7, 11) is -0.541. The highest BCUT2D eigenvalue weighted by Crippen LogP contribution is 2.01. The molecule has 1 heterocycles. The van der Waals surface area contributed by atoms with E-state index < -0.39 is 13.1 Å². The van der Waals surface area contributed by atoms with Gasteiger partial charge in [-0.1, -0.05) is 0 Å². The van der Waals surface area contributed by atoms with Gasteiger partial charge in [0, 0.05) is 11.7 Å². The lowest BCUT2D eigenvalue weighted by molar-refractivity contribution is 0.0600. The van der Waals surface area contributed by atoms with Crippen molar-refractivity contribution >= 4 is 24.4 Å². The zero-order valence-corrected chi connectivity index (χ0v) is 7.47. The lowest BCUT2D eigenvalue weighted by Crippen LogP contribution is -2.33. The van der Waals surface area contributed by atoms with E-state index in [0.29, 0.717) is 0 Å².